The standard InChI is InChI=1S/C15H14ClN3O2/c16-12-3-1-2-9-7-19(8-11(9)12)15(20)14-10-6-17-5-4-13(10)18-21-14/h1-3,17H,4-8H2. The van der Waals surface area contributed by atoms with E-state index in [2.05, 4.69) is 10.5 Å². The molecule has 0 atom stereocenters. The Bertz CT molecular complexity index is 726. The smallest absolute Gasteiger partial charge is 0.293 e. The first-order valence-electron chi connectivity index (χ1n) is 6.97. The lowest BCUT2D eigenvalue weighted by atomic mass is 10.1. The van der Waals surface area contributed by atoms with Gasteiger partial charge in [-0.3, -0.25) is 4.79 Å². The van der Waals surface area contributed by atoms with Gasteiger partial charge < -0.3 is 14.7 Å². The SMILES string of the molecule is O=C(c1onc2c1CNCC2)N1Cc2cccc(Cl)c2C1. The lowest BCUT2D eigenvalue weighted by Crippen LogP contribution is -2.29. The molecule has 2 aliphatic rings. The molecule has 2 aliphatic heterocycles. The van der Waals surface area contributed by atoms with E-state index in [0.29, 0.717) is 30.4 Å². The van der Waals surface area contributed by atoms with Gasteiger partial charge in [-0.15, -0.1) is 0 Å². The van der Waals surface area contributed by atoms with E-state index in [1.165, 1.54) is 0 Å². The average molecular weight is 304 g/mol. The molecular formula is C15H14ClN3O2. The number of amides is 1. The molecule has 1 N–H and O–H groups in total. The predicted molar refractivity (Wildman–Crippen MR) is 76.9 cm³/mol. The van der Waals surface area contributed by atoms with Crippen molar-refractivity contribution in [2.24, 2.45) is 0 Å². The Morgan fingerprint density at radius 3 is 3.10 bits per heavy atom. The van der Waals surface area contributed by atoms with Gasteiger partial charge in [0.05, 0.1) is 5.69 Å². The maximum atomic E-state index is 12.7. The third-order valence-corrected chi connectivity index (χ3v) is 4.47. The normalized spacial score (nSPS) is 16.7. The summed E-state index contributed by atoms with van der Waals surface area (Å²) in [5, 5.41) is 7.99. The van der Waals surface area contributed by atoms with Gasteiger partial charge in [0, 0.05) is 43.2 Å². The van der Waals surface area contributed by atoms with E-state index >= 15 is 0 Å². The van der Waals surface area contributed by atoms with Gasteiger partial charge in [-0.25, -0.2) is 0 Å². The number of carbonyl (C=O) groups is 1. The number of rotatable bonds is 1. The molecule has 0 bridgehead atoms. The molecule has 0 radical (unpaired) electrons. The van der Waals surface area contributed by atoms with Gasteiger partial charge in [0.25, 0.3) is 5.91 Å². The third kappa shape index (κ3) is 2.04. The van der Waals surface area contributed by atoms with Gasteiger partial charge in [0.15, 0.2) is 0 Å². The predicted octanol–water partition coefficient (Wildman–Crippen LogP) is 2.13. The van der Waals surface area contributed by atoms with Crippen LogP contribution in [0.15, 0.2) is 22.7 Å². The van der Waals surface area contributed by atoms with Crippen molar-refractivity contribution in [3.8, 4) is 0 Å². The molecule has 4 rings (SSSR count). The van der Waals surface area contributed by atoms with Crippen LogP contribution in [0, 0.1) is 0 Å². The van der Waals surface area contributed by atoms with Gasteiger partial charge in [-0.05, 0) is 17.2 Å². The molecule has 1 amide bonds. The fourth-order valence-electron chi connectivity index (χ4n) is 2.98. The quantitative estimate of drug-likeness (QED) is 0.877. The van der Waals surface area contributed by atoms with Crippen LogP contribution in [0.25, 0.3) is 0 Å². The summed E-state index contributed by atoms with van der Waals surface area (Å²) in [5.74, 6) is 0.251. The highest BCUT2D eigenvalue weighted by molar-refractivity contribution is 6.31. The van der Waals surface area contributed by atoms with Crippen LogP contribution in [0.3, 0.4) is 0 Å². The summed E-state index contributed by atoms with van der Waals surface area (Å²) >= 11 is 6.20. The van der Waals surface area contributed by atoms with Crippen LogP contribution in [0.1, 0.15) is 32.9 Å². The Morgan fingerprint density at radius 1 is 1.33 bits per heavy atom. The minimum Gasteiger partial charge on any atom is -0.350 e. The van der Waals surface area contributed by atoms with Crippen LogP contribution in [-0.2, 0) is 26.1 Å². The molecule has 0 fully saturated rings. The number of nitrogens with zero attached hydrogens (tertiary/aromatic N) is 2. The number of nitrogens with one attached hydrogen (secondary N) is 1. The Kier molecular flexibility index (Phi) is 2.97. The summed E-state index contributed by atoms with van der Waals surface area (Å²) in [5.41, 5.74) is 3.92. The summed E-state index contributed by atoms with van der Waals surface area (Å²) in [6.07, 6.45) is 0.804. The molecule has 5 nitrogen and oxygen atoms in total. The highest BCUT2D eigenvalue weighted by Crippen LogP contribution is 2.31. The fourth-order valence-corrected chi connectivity index (χ4v) is 3.23. The second-order valence-corrected chi connectivity index (χ2v) is 5.81. The number of fused-ring (bicyclic) bond motifs is 2. The molecule has 0 spiro atoms. The van der Waals surface area contributed by atoms with E-state index in [1.54, 1.807) is 4.90 Å². The van der Waals surface area contributed by atoms with E-state index < -0.39 is 0 Å². The molecule has 3 heterocycles. The van der Waals surface area contributed by atoms with Crippen molar-refractivity contribution in [1.29, 1.82) is 0 Å². The number of hydrogen-bond donors (Lipinski definition) is 1. The molecule has 2 aromatic rings. The van der Waals surface area contributed by atoms with Crippen molar-refractivity contribution in [2.45, 2.75) is 26.1 Å². The Labute approximate surface area is 126 Å². The molecule has 0 unspecified atom stereocenters. The molecule has 1 aromatic carbocycles. The molecule has 0 aliphatic carbocycles. The van der Waals surface area contributed by atoms with E-state index in [9.17, 15) is 4.79 Å². The maximum absolute atomic E-state index is 12.7. The van der Waals surface area contributed by atoms with Crippen LogP contribution in [-0.4, -0.2) is 22.5 Å². The van der Waals surface area contributed by atoms with Crippen LogP contribution < -0.4 is 5.32 Å². The number of hydrogen-bond acceptors (Lipinski definition) is 4. The van der Waals surface area contributed by atoms with Crippen molar-refractivity contribution in [3.05, 3.63) is 51.4 Å². The third-order valence-electron chi connectivity index (χ3n) is 4.12. The van der Waals surface area contributed by atoms with E-state index in [4.69, 9.17) is 16.1 Å². The first-order chi connectivity index (χ1) is 10.2. The van der Waals surface area contributed by atoms with Crippen molar-refractivity contribution in [1.82, 2.24) is 15.4 Å². The van der Waals surface area contributed by atoms with Crippen LogP contribution >= 0.6 is 11.6 Å². The van der Waals surface area contributed by atoms with Crippen LogP contribution in [0.2, 0.25) is 5.02 Å². The zero-order valence-corrected chi connectivity index (χ0v) is 12.1. The molecule has 21 heavy (non-hydrogen) atoms. The van der Waals surface area contributed by atoms with Crippen molar-refractivity contribution in [2.75, 3.05) is 6.54 Å². The Balaban J connectivity index is 1.63. The number of carbonyl (C=O) groups excluding carboxylic acids is 1. The second kappa shape index (κ2) is 4.86. The molecular weight excluding hydrogens is 290 g/mol. The van der Waals surface area contributed by atoms with Crippen molar-refractivity contribution < 1.29 is 9.32 Å². The molecule has 108 valence electrons. The summed E-state index contributed by atoms with van der Waals surface area (Å²) < 4.78 is 5.31. The van der Waals surface area contributed by atoms with E-state index in [-0.39, 0.29) is 5.91 Å². The lowest BCUT2D eigenvalue weighted by Gasteiger charge is -2.16. The summed E-state index contributed by atoms with van der Waals surface area (Å²) in [4.78, 5) is 14.4. The maximum Gasteiger partial charge on any atom is 0.293 e. The number of benzene rings is 1. The molecule has 6 heteroatoms. The highest BCUT2D eigenvalue weighted by Gasteiger charge is 2.31. The molecule has 0 saturated heterocycles. The average Bonchev–Trinajstić information content (AvgIpc) is 3.11. The second-order valence-electron chi connectivity index (χ2n) is 5.40. The van der Waals surface area contributed by atoms with E-state index in [0.717, 1.165) is 35.3 Å². The zero-order valence-electron chi connectivity index (χ0n) is 11.4. The zero-order chi connectivity index (χ0) is 14.4. The summed E-state index contributed by atoms with van der Waals surface area (Å²) in [6, 6.07) is 5.77. The summed E-state index contributed by atoms with van der Waals surface area (Å²) in [7, 11) is 0. The van der Waals surface area contributed by atoms with Crippen molar-refractivity contribution in [3.63, 3.8) is 0 Å². The lowest BCUT2D eigenvalue weighted by molar-refractivity contribution is 0.0707. The summed E-state index contributed by atoms with van der Waals surface area (Å²) in [6.45, 7) is 2.60. The molecule has 0 saturated carbocycles. The topological polar surface area (TPSA) is 58.4 Å². The van der Waals surface area contributed by atoms with Gasteiger partial charge in [0.1, 0.15) is 0 Å². The Hall–Kier alpha value is -1.85. The van der Waals surface area contributed by atoms with Crippen molar-refractivity contribution >= 4 is 17.5 Å². The van der Waals surface area contributed by atoms with Crippen LogP contribution in [0.5, 0.6) is 0 Å². The van der Waals surface area contributed by atoms with Gasteiger partial charge in [-0.1, -0.05) is 28.9 Å². The largest absolute Gasteiger partial charge is 0.350 e. The monoisotopic (exact) mass is 303 g/mol. The number of halogens is 1. The fraction of sp³-hybridized carbons (Fsp3) is 0.333. The van der Waals surface area contributed by atoms with Crippen LogP contribution in [0.4, 0.5) is 0 Å². The minimum absolute atomic E-state index is 0.111. The van der Waals surface area contributed by atoms with E-state index in [1.807, 2.05) is 18.2 Å². The number of aromatic nitrogens is 1. The first kappa shape index (κ1) is 12.9. The molecule has 1 aromatic heterocycles. The van der Waals surface area contributed by atoms with Gasteiger partial charge in [-0.2, -0.15) is 0 Å². The van der Waals surface area contributed by atoms with Gasteiger partial charge in [0.2, 0.25) is 5.76 Å². The minimum atomic E-state index is -0.111. The highest BCUT2D eigenvalue weighted by atomic mass is 35.5. The first-order valence-corrected chi connectivity index (χ1v) is 7.35. The van der Waals surface area contributed by atoms with Gasteiger partial charge >= 0.3 is 0 Å². The Morgan fingerprint density at radius 2 is 2.24 bits per heavy atom.